The molecular weight excluding hydrogens is 417 g/mol. The third-order valence-corrected chi connectivity index (χ3v) is 13.0. The number of allylic oxidation sites excluding steroid dienone is 1. The molecule has 4 aromatic carbocycles. The first-order valence-electron chi connectivity index (χ1n) is 10.1. The summed E-state index contributed by atoms with van der Waals surface area (Å²) < 4.78 is 0. The number of nitriles is 1. The van der Waals surface area contributed by atoms with Crippen molar-refractivity contribution in [3.63, 3.8) is 0 Å². The van der Waals surface area contributed by atoms with Gasteiger partial charge in [0.25, 0.3) is 0 Å². The zero-order valence-corrected chi connectivity index (χ0v) is 18.8. The molecule has 0 unspecified atom stereocenters. The molecule has 0 atom stereocenters. The molecule has 4 aromatic rings. The summed E-state index contributed by atoms with van der Waals surface area (Å²) in [6.45, 7) is 3.89. The normalized spacial score (nSPS) is 12.3. The Morgan fingerprint density at radius 3 is 1.58 bits per heavy atom. The Balaban J connectivity index is 2.05. The molecule has 1 nitrogen and oxygen atoms in total. The molecule has 0 spiro atoms. The Hall–Kier alpha value is -3.17. The summed E-state index contributed by atoms with van der Waals surface area (Å²) >= 11 is 8.12. The van der Waals surface area contributed by atoms with Crippen LogP contribution < -0.4 is 15.9 Å². The molecule has 0 aliphatic carbocycles. The molecule has 0 amide bonds. The van der Waals surface area contributed by atoms with Gasteiger partial charge in [0.2, 0.25) is 0 Å². The average Bonchev–Trinajstić information content (AvgIpc) is 2.85. The van der Waals surface area contributed by atoms with Gasteiger partial charge in [-0.2, -0.15) is 0 Å². The Labute approximate surface area is 189 Å². The molecule has 0 aliphatic heterocycles. The Morgan fingerprint density at radius 1 is 0.710 bits per heavy atom. The van der Waals surface area contributed by atoms with Crippen LogP contribution in [0.15, 0.2) is 122 Å². The molecule has 0 saturated carbocycles. The van der Waals surface area contributed by atoms with Crippen molar-refractivity contribution in [3.05, 3.63) is 133 Å². The van der Waals surface area contributed by atoms with Crippen LogP contribution in [-0.2, 0) is 6.16 Å². The number of rotatable bonds is 6. The summed E-state index contributed by atoms with van der Waals surface area (Å²) in [5.41, 5.74) is 2.37. The van der Waals surface area contributed by atoms with Gasteiger partial charge in [-0.05, 0) is 0 Å². The molecule has 31 heavy (non-hydrogen) atoms. The van der Waals surface area contributed by atoms with Gasteiger partial charge in [-0.25, -0.2) is 0 Å². The number of hydrogen-bond donors (Lipinski definition) is 0. The second-order valence-electron chi connectivity index (χ2n) is 7.64. The zero-order valence-electron chi connectivity index (χ0n) is 17.2. The topological polar surface area (TPSA) is 23.8 Å². The fourth-order valence-electron chi connectivity index (χ4n) is 4.20. The van der Waals surface area contributed by atoms with Crippen LogP contribution in [0.5, 0.6) is 0 Å². The maximum absolute atomic E-state index is 9.33. The van der Waals surface area contributed by atoms with Crippen molar-refractivity contribution in [2.75, 3.05) is 0 Å². The Kier molecular flexibility index (Phi) is 5.79. The predicted molar refractivity (Wildman–Crippen MR) is 136 cm³/mol. The quantitative estimate of drug-likeness (QED) is 0.251. The number of hydrogen-bond acceptors (Lipinski definition) is 1. The molecule has 152 valence electrons. The van der Waals surface area contributed by atoms with Gasteiger partial charge in [0.05, 0.1) is 0 Å². The Bertz CT molecular complexity index is 1150. The van der Waals surface area contributed by atoms with Crippen LogP contribution in [0.1, 0.15) is 11.1 Å². The number of nitrogens with zero attached hydrogens (tertiary/aromatic N) is 1. The van der Waals surface area contributed by atoms with Crippen LogP contribution in [0.4, 0.5) is 0 Å². The molecular formula is C28H23ClNP. The molecule has 0 fully saturated rings. The van der Waals surface area contributed by atoms with Gasteiger partial charge in [-0.15, -0.1) is 0 Å². The Morgan fingerprint density at radius 2 is 1.16 bits per heavy atom. The SMILES string of the molecule is C=C(C#N)c1cccc(CP(Cl)(c2ccccc2)(c2ccccc2)c2ccccc2)c1. The van der Waals surface area contributed by atoms with E-state index < -0.39 is 5.96 Å². The molecule has 0 N–H and O–H groups in total. The monoisotopic (exact) mass is 439 g/mol. The molecule has 0 aromatic heterocycles. The fourth-order valence-corrected chi connectivity index (χ4v) is 10.3. The van der Waals surface area contributed by atoms with Crippen LogP contribution in [-0.4, -0.2) is 0 Å². The summed E-state index contributed by atoms with van der Waals surface area (Å²) in [6.07, 6.45) is 0.637. The van der Waals surface area contributed by atoms with Gasteiger partial charge in [0.1, 0.15) is 0 Å². The fraction of sp³-hybridized carbons (Fsp3) is 0.0357. The molecule has 0 saturated heterocycles. The van der Waals surface area contributed by atoms with Gasteiger partial charge < -0.3 is 0 Å². The van der Waals surface area contributed by atoms with Crippen LogP contribution >= 0.6 is 17.2 Å². The van der Waals surface area contributed by atoms with Gasteiger partial charge in [-0.3, -0.25) is 0 Å². The molecule has 0 aliphatic rings. The summed E-state index contributed by atoms with van der Waals surface area (Å²) in [5.74, 6) is -3.39. The van der Waals surface area contributed by atoms with E-state index in [-0.39, 0.29) is 0 Å². The van der Waals surface area contributed by atoms with E-state index in [0.29, 0.717) is 11.7 Å². The summed E-state index contributed by atoms with van der Waals surface area (Å²) in [4.78, 5) is 0. The maximum atomic E-state index is 9.33. The number of benzene rings is 4. The first-order valence-corrected chi connectivity index (χ1v) is 13.5. The average molecular weight is 440 g/mol. The second-order valence-corrected chi connectivity index (χ2v) is 14.1. The molecule has 4 rings (SSSR count). The van der Waals surface area contributed by atoms with Crippen molar-refractivity contribution >= 4 is 38.7 Å². The van der Waals surface area contributed by atoms with E-state index in [0.717, 1.165) is 27.0 Å². The van der Waals surface area contributed by atoms with Crippen LogP contribution in [0, 0.1) is 11.3 Å². The van der Waals surface area contributed by atoms with E-state index in [1.165, 1.54) is 0 Å². The second kappa shape index (κ2) is 8.52. The zero-order chi connectivity index (χ0) is 21.8. The minimum absolute atomic E-state index is 0.455. The summed E-state index contributed by atoms with van der Waals surface area (Å²) in [6, 6.07) is 41.4. The van der Waals surface area contributed by atoms with E-state index in [1.54, 1.807) is 0 Å². The van der Waals surface area contributed by atoms with Crippen molar-refractivity contribution in [2.24, 2.45) is 0 Å². The van der Waals surface area contributed by atoms with Crippen LogP contribution in [0.2, 0.25) is 0 Å². The third kappa shape index (κ3) is 3.70. The molecule has 0 heterocycles. The molecule has 0 bridgehead atoms. The van der Waals surface area contributed by atoms with Gasteiger partial charge in [0.15, 0.2) is 0 Å². The molecule has 3 heteroatoms. The van der Waals surface area contributed by atoms with E-state index >= 15 is 0 Å². The third-order valence-electron chi connectivity index (χ3n) is 5.77. The van der Waals surface area contributed by atoms with Crippen LogP contribution in [0.3, 0.4) is 0 Å². The summed E-state index contributed by atoms with van der Waals surface area (Å²) in [7, 11) is 0. The van der Waals surface area contributed by atoms with Crippen molar-refractivity contribution < 1.29 is 0 Å². The standard InChI is InChI=1S/C28H23ClNP/c1-23(21-30)25-13-11-12-24(20-25)22-31(29,26-14-5-2-6-15-26,27-16-7-3-8-17-27)28-18-9-4-10-19-28/h2-20H,1,22H2. The van der Waals surface area contributed by atoms with E-state index in [2.05, 4.69) is 91.5 Å². The van der Waals surface area contributed by atoms with Crippen molar-refractivity contribution in [2.45, 2.75) is 6.16 Å². The summed E-state index contributed by atoms with van der Waals surface area (Å²) in [5, 5.41) is 12.7. The number of halogens is 1. The van der Waals surface area contributed by atoms with Crippen molar-refractivity contribution in [3.8, 4) is 6.07 Å². The first-order chi connectivity index (χ1) is 15.1. The van der Waals surface area contributed by atoms with Gasteiger partial charge in [0, 0.05) is 0 Å². The van der Waals surface area contributed by atoms with Crippen molar-refractivity contribution in [1.29, 1.82) is 5.26 Å². The van der Waals surface area contributed by atoms with Gasteiger partial charge in [-0.1, -0.05) is 0 Å². The molecule has 0 radical (unpaired) electrons. The predicted octanol–water partition coefficient (Wildman–Crippen LogP) is 6.41. The van der Waals surface area contributed by atoms with Crippen molar-refractivity contribution in [1.82, 2.24) is 0 Å². The first kappa shape index (κ1) is 21.1. The van der Waals surface area contributed by atoms with Gasteiger partial charge >= 0.3 is 189 Å². The van der Waals surface area contributed by atoms with E-state index in [1.807, 2.05) is 36.4 Å². The van der Waals surface area contributed by atoms with E-state index in [4.69, 9.17) is 11.2 Å². The minimum atomic E-state index is -3.39. The van der Waals surface area contributed by atoms with E-state index in [9.17, 15) is 5.26 Å². The van der Waals surface area contributed by atoms with Crippen LogP contribution in [0.25, 0.3) is 5.57 Å².